The molecule has 2 rings (SSSR count). The van der Waals surface area contributed by atoms with Gasteiger partial charge in [0.25, 0.3) is 0 Å². The Hall–Kier alpha value is -1.82. The van der Waals surface area contributed by atoms with Crippen LogP contribution in [-0.4, -0.2) is 23.1 Å². The highest BCUT2D eigenvalue weighted by atomic mass is 35.5. The SMILES string of the molecule is O=C(Nc1c(F)cccc1Cl)NC1CCC(C(=O)O)C1. The number of nitrogens with one attached hydrogen (secondary N) is 2. The van der Waals surface area contributed by atoms with Crippen molar-refractivity contribution in [2.24, 2.45) is 5.92 Å². The van der Waals surface area contributed by atoms with Crippen LogP contribution < -0.4 is 10.6 Å². The quantitative estimate of drug-likeness (QED) is 0.803. The molecule has 108 valence electrons. The number of amides is 2. The number of anilines is 1. The summed E-state index contributed by atoms with van der Waals surface area (Å²) in [5.74, 6) is -1.91. The Morgan fingerprint density at radius 2 is 2.10 bits per heavy atom. The molecule has 2 amide bonds. The molecule has 5 nitrogen and oxygen atoms in total. The summed E-state index contributed by atoms with van der Waals surface area (Å²) < 4.78 is 13.5. The number of halogens is 2. The maximum atomic E-state index is 13.5. The molecule has 0 heterocycles. The standard InChI is InChI=1S/C13H14ClFN2O3/c14-9-2-1-3-10(15)11(9)17-13(20)16-8-5-4-7(6-8)12(18)19/h1-3,7-8H,4-6H2,(H,18,19)(H2,16,17,20). The molecule has 1 saturated carbocycles. The lowest BCUT2D eigenvalue weighted by Gasteiger charge is -2.14. The second-order valence-corrected chi connectivity index (χ2v) is 5.15. The van der Waals surface area contributed by atoms with Crippen LogP contribution in [0.15, 0.2) is 18.2 Å². The topological polar surface area (TPSA) is 78.4 Å². The summed E-state index contributed by atoms with van der Waals surface area (Å²) in [6, 6.07) is 3.29. The van der Waals surface area contributed by atoms with Crippen molar-refractivity contribution in [1.82, 2.24) is 5.32 Å². The summed E-state index contributed by atoms with van der Waals surface area (Å²) in [7, 11) is 0. The third-order valence-electron chi connectivity index (χ3n) is 3.32. The van der Waals surface area contributed by atoms with Crippen molar-refractivity contribution < 1.29 is 19.1 Å². The summed E-state index contributed by atoms with van der Waals surface area (Å²) in [5.41, 5.74) is -0.0838. The zero-order valence-corrected chi connectivity index (χ0v) is 11.3. The van der Waals surface area contributed by atoms with Crippen LogP contribution >= 0.6 is 11.6 Å². The molecule has 2 unspecified atom stereocenters. The second-order valence-electron chi connectivity index (χ2n) is 4.74. The van der Waals surface area contributed by atoms with E-state index in [1.54, 1.807) is 0 Å². The van der Waals surface area contributed by atoms with Crippen molar-refractivity contribution in [2.45, 2.75) is 25.3 Å². The number of hydrogen-bond acceptors (Lipinski definition) is 2. The van der Waals surface area contributed by atoms with Gasteiger partial charge in [-0.15, -0.1) is 0 Å². The third-order valence-corrected chi connectivity index (χ3v) is 3.63. The summed E-state index contributed by atoms with van der Waals surface area (Å²) in [4.78, 5) is 22.6. The van der Waals surface area contributed by atoms with E-state index >= 15 is 0 Å². The van der Waals surface area contributed by atoms with Crippen molar-refractivity contribution in [2.75, 3.05) is 5.32 Å². The second kappa shape index (κ2) is 6.09. The van der Waals surface area contributed by atoms with Crippen LogP contribution in [0.1, 0.15) is 19.3 Å². The highest BCUT2D eigenvalue weighted by molar-refractivity contribution is 6.33. The maximum Gasteiger partial charge on any atom is 0.319 e. The van der Waals surface area contributed by atoms with Crippen LogP contribution in [0, 0.1) is 11.7 Å². The lowest BCUT2D eigenvalue weighted by molar-refractivity contribution is -0.141. The van der Waals surface area contributed by atoms with Crippen molar-refractivity contribution in [1.29, 1.82) is 0 Å². The predicted octanol–water partition coefficient (Wildman–Crippen LogP) is 2.85. The number of rotatable bonds is 3. The molecule has 3 N–H and O–H groups in total. The first kappa shape index (κ1) is 14.6. The van der Waals surface area contributed by atoms with E-state index in [1.165, 1.54) is 18.2 Å². The number of urea groups is 1. The number of aliphatic carboxylic acids is 1. The van der Waals surface area contributed by atoms with Crippen molar-refractivity contribution in [3.8, 4) is 0 Å². The Balaban J connectivity index is 1.92. The van der Waals surface area contributed by atoms with Crippen molar-refractivity contribution in [3.63, 3.8) is 0 Å². The van der Waals surface area contributed by atoms with E-state index < -0.39 is 23.7 Å². The zero-order valence-electron chi connectivity index (χ0n) is 10.5. The minimum Gasteiger partial charge on any atom is -0.481 e. The van der Waals surface area contributed by atoms with Gasteiger partial charge in [0.15, 0.2) is 0 Å². The van der Waals surface area contributed by atoms with E-state index in [1.807, 2.05) is 0 Å². The molecule has 0 radical (unpaired) electrons. The minimum absolute atomic E-state index is 0.0838. The first-order valence-corrected chi connectivity index (χ1v) is 6.59. The molecule has 1 aliphatic carbocycles. The molecule has 1 aromatic carbocycles. The van der Waals surface area contributed by atoms with Gasteiger partial charge >= 0.3 is 12.0 Å². The molecule has 1 aliphatic rings. The van der Waals surface area contributed by atoms with Gasteiger partial charge in [-0.1, -0.05) is 17.7 Å². The zero-order chi connectivity index (χ0) is 14.7. The molecule has 2 atom stereocenters. The van der Waals surface area contributed by atoms with Gasteiger partial charge in [-0.25, -0.2) is 9.18 Å². The van der Waals surface area contributed by atoms with Gasteiger partial charge in [0, 0.05) is 6.04 Å². The highest BCUT2D eigenvalue weighted by Gasteiger charge is 2.30. The molecule has 0 aromatic heterocycles. The Morgan fingerprint density at radius 1 is 1.35 bits per heavy atom. The van der Waals surface area contributed by atoms with Gasteiger partial charge in [-0.3, -0.25) is 4.79 Å². The van der Waals surface area contributed by atoms with E-state index in [4.69, 9.17) is 16.7 Å². The number of benzene rings is 1. The Bertz CT molecular complexity index is 518. The van der Waals surface area contributed by atoms with Gasteiger partial charge in [0.1, 0.15) is 5.82 Å². The van der Waals surface area contributed by atoms with Gasteiger partial charge in [-0.2, -0.15) is 0 Å². The molecule has 20 heavy (non-hydrogen) atoms. The number of para-hydroxylation sites is 1. The largest absolute Gasteiger partial charge is 0.481 e. The normalized spacial score (nSPS) is 21.5. The van der Waals surface area contributed by atoms with Crippen LogP contribution in [0.4, 0.5) is 14.9 Å². The number of carbonyl (C=O) groups is 2. The summed E-state index contributed by atoms with van der Waals surface area (Å²) in [5, 5.41) is 14.0. The van der Waals surface area contributed by atoms with E-state index in [9.17, 15) is 14.0 Å². The lowest BCUT2D eigenvalue weighted by Crippen LogP contribution is -2.37. The van der Waals surface area contributed by atoms with Crippen LogP contribution in [0.5, 0.6) is 0 Å². The van der Waals surface area contributed by atoms with Gasteiger partial charge in [0.05, 0.1) is 16.6 Å². The molecule has 1 aromatic rings. The monoisotopic (exact) mass is 300 g/mol. The lowest BCUT2D eigenvalue weighted by atomic mass is 10.1. The van der Waals surface area contributed by atoms with E-state index in [0.717, 1.165) is 0 Å². The molecular weight excluding hydrogens is 287 g/mol. The number of hydrogen-bond donors (Lipinski definition) is 3. The summed E-state index contributed by atoms with van der Waals surface area (Å²) >= 11 is 5.79. The average molecular weight is 301 g/mol. The Morgan fingerprint density at radius 3 is 2.70 bits per heavy atom. The van der Waals surface area contributed by atoms with Crippen molar-refractivity contribution >= 4 is 29.3 Å². The summed E-state index contributed by atoms with van der Waals surface area (Å²) in [6.07, 6.45) is 1.50. The van der Waals surface area contributed by atoms with Gasteiger partial charge in [-0.05, 0) is 31.4 Å². The fourth-order valence-electron chi connectivity index (χ4n) is 2.29. The highest BCUT2D eigenvalue weighted by Crippen LogP contribution is 2.27. The van der Waals surface area contributed by atoms with E-state index in [0.29, 0.717) is 19.3 Å². The van der Waals surface area contributed by atoms with Crippen LogP contribution in [0.3, 0.4) is 0 Å². The van der Waals surface area contributed by atoms with Crippen LogP contribution in [-0.2, 0) is 4.79 Å². The smallest absolute Gasteiger partial charge is 0.319 e. The maximum absolute atomic E-state index is 13.5. The predicted molar refractivity (Wildman–Crippen MR) is 72.3 cm³/mol. The fourth-order valence-corrected chi connectivity index (χ4v) is 2.50. The molecular formula is C13H14ClFN2O3. The van der Waals surface area contributed by atoms with Crippen molar-refractivity contribution in [3.05, 3.63) is 29.0 Å². The van der Waals surface area contributed by atoms with E-state index in [2.05, 4.69) is 10.6 Å². The van der Waals surface area contributed by atoms with E-state index in [-0.39, 0.29) is 16.8 Å². The Labute approximate surface area is 120 Å². The van der Waals surface area contributed by atoms with Crippen LogP contribution in [0.2, 0.25) is 5.02 Å². The molecule has 7 heteroatoms. The third kappa shape index (κ3) is 3.39. The first-order chi connectivity index (χ1) is 9.47. The summed E-state index contributed by atoms with van der Waals surface area (Å²) in [6.45, 7) is 0. The van der Waals surface area contributed by atoms with Gasteiger partial charge < -0.3 is 15.7 Å². The molecule has 0 spiro atoms. The average Bonchev–Trinajstić information content (AvgIpc) is 2.82. The number of carboxylic acid groups (broad SMARTS) is 1. The first-order valence-electron chi connectivity index (χ1n) is 6.21. The number of carbonyl (C=O) groups excluding carboxylic acids is 1. The van der Waals surface area contributed by atoms with Crippen LogP contribution in [0.25, 0.3) is 0 Å². The minimum atomic E-state index is -0.855. The molecule has 0 saturated heterocycles. The molecule has 0 aliphatic heterocycles. The van der Waals surface area contributed by atoms with Gasteiger partial charge in [0.2, 0.25) is 0 Å². The molecule has 0 bridgehead atoms. The fraction of sp³-hybridized carbons (Fsp3) is 0.385. The molecule has 1 fully saturated rings. The Kier molecular flexibility index (Phi) is 4.44. The number of carboxylic acids is 1.